The van der Waals surface area contributed by atoms with E-state index in [-0.39, 0.29) is 5.91 Å². The highest BCUT2D eigenvalue weighted by Crippen LogP contribution is 2.33. The molecule has 182 valence electrons. The van der Waals surface area contributed by atoms with Gasteiger partial charge in [-0.25, -0.2) is 15.0 Å². The summed E-state index contributed by atoms with van der Waals surface area (Å²) in [4.78, 5) is 32.0. The number of carbonyl (C=O) groups excluding carboxylic acids is 1. The third kappa shape index (κ3) is 5.20. The summed E-state index contributed by atoms with van der Waals surface area (Å²) < 4.78 is 3.03. The predicted molar refractivity (Wildman–Crippen MR) is 140 cm³/mol. The smallest absolute Gasteiger partial charge is 0.240 e. The molecule has 2 fully saturated rings. The first-order valence-electron chi connectivity index (χ1n) is 12.3. The molecule has 1 aromatic carbocycles. The molecular formula is C25H29N7OS2. The van der Waals surface area contributed by atoms with Gasteiger partial charge >= 0.3 is 0 Å². The third-order valence-electron chi connectivity index (χ3n) is 6.95. The van der Waals surface area contributed by atoms with E-state index in [2.05, 4.69) is 42.2 Å². The van der Waals surface area contributed by atoms with Crippen LogP contribution in [0.3, 0.4) is 0 Å². The number of hydrogen-bond acceptors (Lipinski definition) is 8. The zero-order valence-corrected chi connectivity index (χ0v) is 21.2. The van der Waals surface area contributed by atoms with E-state index in [1.54, 1.807) is 18.0 Å². The van der Waals surface area contributed by atoms with E-state index in [1.807, 2.05) is 28.9 Å². The van der Waals surface area contributed by atoms with Gasteiger partial charge in [-0.15, -0.1) is 0 Å². The van der Waals surface area contributed by atoms with Gasteiger partial charge in [-0.05, 0) is 37.1 Å². The number of thiazole rings is 1. The summed E-state index contributed by atoms with van der Waals surface area (Å²) in [7, 11) is 0. The Bertz CT molecular complexity index is 1320. The maximum Gasteiger partial charge on any atom is 0.240 e. The number of hydrogen-bond donors (Lipinski definition) is 1. The first kappa shape index (κ1) is 22.9. The monoisotopic (exact) mass is 507 g/mol. The fraction of sp³-hybridized carbons (Fsp3) is 0.440. The molecule has 0 bridgehead atoms. The maximum absolute atomic E-state index is 12.7. The molecule has 2 aliphatic rings. The summed E-state index contributed by atoms with van der Waals surface area (Å²) in [6.07, 6.45) is 12.4. The zero-order valence-electron chi connectivity index (χ0n) is 19.6. The number of nitrogens with zero attached hydrogens (tertiary/aromatic N) is 6. The van der Waals surface area contributed by atoms with Crippen molar-refractivity contribution < 1.29 is 4.79 Å². The lowest BCUT2D eigenvalue weighted by atomic mass is 9.94. The lowest BCUT2D eigenvalue weighted by molar-refractivity contribution is -0.117. The van der Waals surface area contributed by atoms with Gasteiger partial charge in [0, 0.05) is 49.5 Å². The lowest BCUT2D eigenvalue weighted by Crippen LogP contribution is -2.52. The van der Waals surface area contributed by atoms with Crippen LogP contribution in [0.25, 0.3) is 16.0 Å². The van der Waals surface area contributed by atoms with Gasteiger partial charge in [-0.1, -0.05) is 42.4 Å². The topological polar surface area (TPSA) is 78.7 Å². The number of rotatable bonds is 6. The average Bonchev–Trinajstić information content (AvgIpc) is 3.48. The molecule has 3 aromatic heterocycles. The number of piperazine rings is 1. The van der Waals surface area contributed by atoms with E-state index in [1.165, 1.54) is 43.4 Å². The Labute approximate surface area is 212 Å². The van der Waals surface area contributed by atoms with Gasteiger partial charge in [0.05, 0.1) is 23.0 Å². The van der Waals surface area contributed by atoms with Crippen molar-refractivity contribution in [3.8, 4) is 0 Å². The highest BCUT2D eigenvalue weighted by molar-refractivity contribution is 7.99. The van der Waals surface area contributed by atoms with Gasteiger partial charge in [0.1, 0.15) is 5.03 Å². The van der Waals surface area contributed by atoms with Crippen LogP contribution in [-0.4, -0.2) is 73.8 Å². The van der Waals surface area contributed by atoms with Crippen molar-refractivity contribution in [3.05, 3.63) is 42.9 Å². The number of carbonyl (C=O) groups is 1. The molecule has 1 aliphatic heterocycles. The molecule has 0 radical (unpaired) electrons. The van der Waals surface area contributed by atoms with Crippen molar-refractivity contribution in [1.29, 1.82) is 0 Å². The van der Waals surface area contributed by atoms with Crippen LogP contribution in [0, 0.1) is 0 Å². The maximum atomic E-state index is 12.7. The second-order valence-corrected chi connectivity index (χ2v) is 11.4. The first-order valence-corrected chi connectivity index (χ1v) is 14.0. The number of benzene rings is 1. The van der Waals surface area contributed by atoms with Crippen LogP contribution in [0.5, 0.6) is 0 Å². The second kappa shape index (κ2) is 10.2. The molecule has 4 heterocycles. The summed E-state index contributed by atoms with van der Waals surface area (Å²) in [5.41, 5.74) is 0.899. The highest BCUT2D eigenvalue weighted by Gasteiger charge is 2.26. The molecule has 0 atom stereocenters. The van der Waals surface area contributed by atoms with Crippen LogP contribution in [0.4, 0.5) is 5.13 Å². The number of amides is 1. The van der Waals surface area contributed by atoms with Gasteiger partial charge in [0.2, 0.25) is 11.7 Å². The SMILES string of the molecule is O=C(CN1CCN(C2CCCCC2)CC1)Nc1nc2ccc(Sc3cnc4ncccn34)cc2s1. The average molecular weight is 508 g/mol. The number of aromatic nitrogens is 4. The van der Waals surface area contributed by atoms with Crippen LogP contribution >= 0.6 is 23.1 Å². The van der Waals surface area contributed by atoms with E-state index >= 15 is 0 Å². The van der Waals surface area contributed by atoms with E-state index in [9.17, 15) is 4.79 Å². The minimum Gasteiger partial charge on any atom is -0.301 e. The van der Waals surface area contributed by atoms with E-state index in [0.717, 1.165) is 52.4 Å². The Hall–Kier alpha value is -2.53. The summed E-state index contributed by atoms with van der Waals surface area (Å²) in [5.74, 6) is 0.706. The predicted octanol–water partition coefficient (Wildman–Crippen LogP) is 4.38. The molecule has 6 rings (SSSR count). The Morgan fingerprint density at radius 3 is 2.83 bits per heavy atom. The summed E-state index contributed by atoms with van der Waals surface area (Å²) in [6, 6.07) is 8.84. The van der Waals surface area contributed by atoms with Crippen molar-refractivity contribution in [3.63, 3.8) is 0 Å². The second-order valence-electron chi connectivity index (χ2n) is 9.29. The Balaban J connectivity index is 1.05. The number of nitrogens with one attached hydrogen (secondary N) is 1. The molecule has 0 unspecified atom stereocenters. The summed E-state index contributed by atoms with van der Waals surface area (Å²) in [5, 5.41) is 4.69. The van der Waals surface area contributed by atoms with Crippen molar-refractivity contribution >= 4 is 50.1 Å². The van der Waals surface area contributed by atoms with Crippen molar-refractivity contribution in [2.24, 2.45) is 0 Å². The van der Waals surface area contributed by atoms with Crippen molar-refractivity contribution in [2.75, 3.05) is 38.0 Å². The van der Waals surface area contributed by atoms with Crippen molar-refractivity contribution in [2.45, 2.75) is 48.1 Å². The Morgan fingerprint density at radius 1 is 1.11 bits per heavy atom. The fourth-order valence-corrected chi connectivity index (χ4v) is 7.02. The van der Waals surface area contributed by atoms with Crippen LogP contribution in [-0.2, 0) is 4.79 Å². The summed E-state index contributed by atoms with van der Waals surface area (Å²) in [6.45, 7) is 4.49. The van der Waals surface area contributed by atoms with Gasteiger partial charge in [-0.3, -0.25) is 19.0 Å². The highest BCUT2D eigenvalue weighted by atomic mass is 32.2. The quantitative estimate of drug-likeness (QED) is 0.415. The standard InChI is InChI=1S/C25H29N7OS2/c33-22(17-30-11-13-31(14-12-30)18-5-2-1-3-6-18)29-25-28-20-8-7-19(15-21(20)35-25)34-23-16-27-24-26-9-4-10-32(23)24/h4,7-10,15-16,18H,1-3,5-6,11-14,17H2,(H,28,29,33). The molecule has 1 saturated heterocycles. The van der Waals surface area contributed by atoms with Crippen LogP contribution in [0.2, 0.25) is 0 Å². The molecule has 0 spiro atoms. The third-order valence-corrected chi connectivity index (χ3v) is 8.88. The molecule has 1 N–H and O–H groups in total. The number of anilines is 1. The normalized spacial score (nSPS) is 18.4. The van der Waals surface area contributed by atoms with E-state index in [0.29, 0.717) is 17.5 Å². The van der Waals surface area contributed by atoms with Gasteiger partial charge in [0.25, 0.3) is 0 Å². The Kier molecular flexibility index (Phi) is 6.69. The van der Waals surface area contributed by atoms with Crippen LogP contribution in [0.15, 0.2) is 52.8 Å². The molecule has 8 nitrogen and oxygen atoms in total. The molecule has 1 saturated carbocycles. The fourth-order valence-electron chi connectivity index (χ4n) is 5.12. The van der Waals surface area contributed by atoms with Crippen molar-refractivity contribution in [1.82, 2.24) is 29.2 Å². The molecular weight excluding hydrogens is 478 g/mol. The lowest BCUT2D eigenvalue weighted by Gasteiger charge is -2.40. The van der Waals surface area contributed by atoms with E-state index < -0.39 is 0 Å². The number of imidazole rings is 1. The van der Waals surface area contributed by atoms with Gasteiger partial charge in [-0.2, -0.15) is 0 Å². The molecule has 10 heteroatoms. The number of fused-ring (bicyclic) bond motifs is 2. The molecule has 35 heavy (non-hydrogen) atoms. The Morgan fingerprint density at radius 2 is 1.97 bits per heavy atom. The van der Waals surface area contributed by atoms with Gasteiger partial charge in [0.15, 0.2) is 5.13 Å². The minimum atomic E-state index is 0.0167. The largest absolute Gasteiger partial charge is 0.301 e. The summed E-state index contributed by atoms with van der Waals surface area (Å²) >= 11 is 3.16. The van der Waals surface area contributed by atoms with Crippen LogP contribution < -0.4 is 5.32 Å². The molecule has 1 aliphatic carbocycles. The molecule has 1 amide bonds. The van der Waals surface area contributed by atoms with Gasteiger partial charge < -0.3 is 5.32 Å². The van der Waals surface area contributed by atoms with Crippen LogP contribution in [0.1, 0.15) is 32.1 Å². The van der Waals surface area contributed by atoms with E-state index in [4.69, 9.17) is 0 Å². The molecule has 4 aromatic rings. The first-order chi connectivity index (χ1) is 17.2. The minimum absolute atomic E-state index is 0.0167. The zero-order chi connectivity index (χ0) is 23.6.